The van der Waals surface area contributed by atoms with Crippen molar-refractivity contribution >= 4 is 23.6 Å². The van der Waals surface area contributed by atoms with Crippen LogP contribution < -0.4 is 10.9 Å². The van der Waals surface area contributed by atoms with Crippen molar-refractivity contribution in [3.63, 3.8) is 0 Å². The third kappa shape index (κ3) is 4.64. The van der Waals surface area contributed by atoms with Crippen molar-refractivity contribution in [2.75, 3.05) is 5.75 Å². The summed E-state index contributed by atoms with van der Waals surface area (Å²) in [5, 5.41) is 8.72. The van der Waals surface area contributed by atoms with Crippen molar-refractivity contribution in [2.45, 2.75) is 5.16 Å². The summed E-state index contributed by atoms with van der Waals surface area (Å²) in [7, 11) is 0. The Hall–Kier alpha value is -3.92. The van der Waals surface area contributed by atoms with E-state index in [4.69, 9.17) is 0 Å². The van der Waals surface area contributed by atoms with Crippen LogP contribution >= 0.6 is 11.8 Å². The molecule has 0 fully saturated rings. The lowest BCUT2D eigenvalue weighted by Crippen LogP contribution is -2.42. The van der Waals surface area contributed by atoms with E-state index >= 15 is 0 Å². The first kappa shape index (κ1) is 20.4. The number of nitrogens with one attached hydrogen (secondary N) is 3. The highest BCUT2D eigenvalue weighted by atomic mass is 32.2. The lowest BCUT2D eigenvalue weighted by Gasteiger charge is -2.11. The van der Waals surface area contributed by atoms with Gasteiger partial charge in [-0.25, -0.2) is 4.39 Å². The molecule has 31 heavy (non-hydrogen) atoms. The molecule has 4 rings (SSSR count). The zero-order valence-corrected chi connectivity index (χ0v) is 16.9. The lowest BCUT2D eigenvalue weighted by atomic mass is 10.2. The van der Waals surface area contributed by atoms with E-state index < -0.39 is 17.6 Å². The number of carbonyl (C=O) groups excluding carboxylic acids is 2. The second-order valence-corrected chi connectivity index (χ2v) is 7.27. The number of hydrazine groups is 1. The van der Waals surface area contributed by atoms with Crippen LogP contribution in [0, 0.1) is 5.82 Å². The molecule has 156 valence electrons. The summed E-state index contributed by atoms with van der Waals surface area (Å²) >= 11 is 1.12. The van der Waals surface area contributed by atoms with Crippen LogP contribution in [0.2, 0.25) is 0 Å². The smallest absolute Gasteiger partial charge is 0.286 e. The van der Waals surface area contributed by atoms with Crippen molar-refractivity contribution in [1.29, 1.82) is 0 Å². The highest BCUT2D eigenvalue weighted by Gasteiger charge is 2.19. The molecule has 2 aromatic carbocycles. The molecule has 10 heteroatoms. The van der Waals surface area contributed by atoms with Crippen LogP contribution in [-0.4, -0.2) is 37.3 Å². The number of hydrogen-bond acceptors (Lipinski definition) is 5. The van der Waals surface area contributed by atoms with Gasteiger partial charge in [0.05, 0.1) is 11.3 Å². The van der Waals surface area contributed by atoms with Crippen LogP contribution in [-0.2, 0) is 4.79 Å². The number of H-pyrrole nitrogens is 1. The molecule has 8 nitrogen and oxygen atoms in total. The molecule has 0 spiro atoms. The highest BCUT2D eigenvalue weighted by molar-refractivity contribution is 7.99. The van der Waals surface area contributed by atoms with Gasteiger partial charge in [-0.1, -0.05) is 42.1 Å². The number of aromatic amines is 1. The summed E-state index contributed by atoms with van der Waals surface area (Å²) in [6.07, 6.45) is 1.61. The van der Waals surface area contributed by atoms with Crippen LogP contribution in [0.3, 0.4) is 0 Å². The Morgan fingerprint density at radius 1 is 0.968 bits per heavy atom. The van der Waals surface area contributed by atoms with Gasteiger partial charge in [0.15, 0.2) is 11.0 Å². The van der Waals surface area contributed by atoms with E-state index in [-0.39, 0.29) is 5.75 Å². The van der Waals surface area contributed by atoms with Crippen LogP contribution in [0.1, 0.15) is 10.5 Å². The van der Waals surface area contributed by atoms with Gasteiger partial charge in [-0.2, -0.15) is 0 Å². The molecule has 0 aliphatic heterocycles. The van der Waals surface area contributed by atoms with E-state index in [1.165, 1.54) is 6.07 Å². The van der Waals surface area contributed by atoms with Gasteiger partial charge in [0, 0.05) is 11.9 Å². The number of nitrogens with zero attached hydrogens (tertiary/aromatic N) is 3. The zero-order chi connectivity index (χ0) is 21.6. The summed E-state index contributed by atoms with van der Waals surface area (Å²) in [5.41, 5.74) is 6.04. The Morgan fingerprint density at radius 2 is 1.74 bits per heavy atom. The van der Waals surface area contributed by atoms with E-state index in [1.807, 2.05) is 30.3 Å². The van der Waals surface area contributed by atoms with Gasteiger partial charge in [0.1, 0.15) is 11.5 Å². The third-order valence-electron chi connectivity index (χ3n) is 4.25. The van der Waals surface area contributed by atoms with Crippen LogP contribution in [0.25, 0.3) is 17.1 Å². The molecule has 0 saturated heterocycles. The molecule has 4 aromatic rings. The van der Waals surface area contributed by atoms with Gasteiger partial charge in [-0.05, 0) is 36.4 Å². The number of amides is 2. The molecule has 0 unspecified atom stereocenters. The van der Waals surface area contributed by atoms with E-state index in [9.17, 15) is 14.0 Å². The van der Waals surface area contributed by atoms with Crippen molar-refractivity contribution in [3.05, 3.63) is 84.4 Å². The molecule has 0 saturated carbocycles. The number of rotatable bonds is 6. The number of para-hydroxylation sites is 1. The Kier molecular flexibility index (Phi) is 6.08. The van der Waals surface area contributed by atoms with Gasteiger partial charge in [-0.3, -0.25) is 25.0 Å². The van der Waals surface area contributed by atoms with Crippen molar-refractivity contribution in [1.82, 2.24) is 30.6 Å². The van der Waals surface area contributed by atoms with Gasteiger partial charge in [-0.15, -0.1) is 10.2 Å². The highest BCUT2D eigenvalue weighted by Crippen LogP contribution is 2.29. The first-order chi connectivity index (χ1) is 15.1. The van der Waals surface area contributed by atoms with E-state index in [0.29, 0.717) is 22.2 Å². The van der Waals surface area contributed by atoms with Gasteiger partial charge < -0.3 is 4.98 Å². The monoisotopic (exact) mass is 436 g/mol. The maximum absolute atomic E-state index is 14.4. The fraction of sp³-hybridized carbons (Fsp3) is 0.0476. The number of aromatic nitrogens is 4. The van der Waals surface area contributed by atoms with Crippen molar-refractivity contribution < 1.29 is 14.0 Å². The fourth-order valence-electron chi connectivity index (χ4n) is 2.82. The predicted octanol–water partition coefficient (Wildman–Crippen LogP) is 2.95. The number of benzene rings is 2. The van der Waals surface area contributed by atoms with Crippen LogP contribution in [0.15, 0.2) is 78.1 Å². The predicted molar refractivity (Wildman–Crippen MR) is 114 cm³/mol. The van der Waals surface area contributed by atoms with Gasteiger partial charge >= 0.3 is 0 Å². The zero-order valence-electron chi connectivity index (χ0n) is 16.1. The Morgan fingerprint density at radius 3 is 2.48 bits per heavy atom. The normalized spacial score (nSPS) is 10.6. The molecular weight excluding hydrogens is 419 g/mol. The van der Waals surface area contributed by atoms with Crippen molar-refractivity contribution in [3.8, 4) is 17.1 Å². The SMILES string of the molecule is O=C(CSc1nnc(-c2ccccc2F)n1-c1ccccc1)NNC(=O)c1ccc[nH]1. The van der Waals surface area contributed by atoms with E-state index in [2.05, 4.69) is 26.0 Å². The topological polar surface area (TPSA) is 105 Å². The minimum atomic E-state index is -0.461. The van der Waals surface area contributed by atoms with Gasteiger partial charge in [0.25, 0.3) is 5.91 Å². The molecule has 2 aromatic heterocycles. The molecule has 0 aliphatic carbocycles. The average Bonchev–Trinajstić information content (AvgIpc) is 3.47. The first-order valence-electron chi connectivity index (χ1n) is 9.24. The molecule has 3 N–H and O–H groups in total. The number of thioether (sulfide) groups is 1. The number of hydrogen-bond donors (Lipinski definition) is 3. The van der Waals surface area contributed by atoms with Crippen molar-refractivity contribution in [2.24, 2.45) is 0 Å². The molecule has 2 amide bonds. The Balaban J connectivity index is 1.51. The van der Waals surface area contributed by atoms with E-state index in [0.717, 1.165) is 17.4 Å². The lowest BCUT2D eigenvalue weighted by molar-refractivity contribution is -0.119. The second kappa shape index (κ2) is 9.26. The minimum absolute atomic E-state index is 0.0345. The first-order valence-corrected chi connectivity index (χ1v) is 10.2. The molecule has 0 aliphatic rings. The molecule has 0 radical (unpaired) electrons. The Labute approximate surface area is 180 Å². The second-order valence-electron chi connectivity index (χ2n) is 6.33. The molecular formula is C21H17FN6O2S. The van der Waals surface area contributed by atoms with Crippen LogP contribution in [0.4, 0.5) is 4.39 Å². The summed E-state index contributed by atoms with van der Waals surface area (Å²) in [6, 6.07) is 18.8. The summed E-state index contributed by atoms with van der Waals surface area (Å²) < 4.78 is 16.1. The van der Waals surface area contributed by atoms with E-state index in [1.54, 1.807) is 41.1 Å². The fourth-order valence-corrected chi connectivity index (χ4v) is 3.57. The summed E-state index contributed by atoms with van der Waals surface area (Å²) in [5.74, 6) is -1.02. The summed E-state index contributed by atoms with van der Waals surface area (Å²) in [6.45, 7) is 0. The average molecular weight is 436 g/mol. The maximum atomic E-state index is 14.4. The standard InChI is InChI=1S/C21H17FN6O2S/c22-16-10-5-4-9-15(16)19-25-27-21(28(19)14-7-2-1-3-8-14)31-13-18(29)24-26-20(30)17-11-6-12-23-17/h1-12,23H,13H2,(H,24,29)(H,26,30). The molecule has 2 heterocycles. The third-order valence-corrected chi connectivity index (χ3v) is 5.18. The largest absolute Gasteiger partial charge is 0.357 e. The maximum Gasteiger partial charge on any atom is 0.286 e. The molecule has 0 atom stereocenters. The number of carbonyl (C=O) groups is 2. The quantitative estimate of drug-likeness (QED) is 0.318. The van der Waals surface area contributed by atoms with Crippen LogP contribution in [0.5, 0.6) is 0 Å². The minimum Gasteiger partial charge on any atom is -0.357 e. The Bertz CT molecular complexity index is 1190. The number of halogens is 1. The molecule has 0 bridgehead atoms. The van der Waals surface area contributed by atoms with Gasteiger partial charge in [0.2, 0.25) is 5.91 Å². The summed E-state index contributed by atoms with van der Waals surface area (Å²) in [4.78, 5) is 26.8.